The van der Waals surface area contributed by atoms with E-state index in [0.717, 1.165) is 0 Å². The molecule has 5 nitrogen and oxygen atoms in total. The van der Waals surface area contributed by atoms with Crippen LogP contribution in [0.2, 0.25) is 10.0 Å². The second-order valence-corrected chi connectivity index (χ2v) is 4.55. The molecule has 2 N–H and O–H groups in total. The van der Waals surface area contributed by atoms with Gasteiger partial charge in [-0.3, -0.25) is 0 Å². The molecule has 0 aliphatic rings. The van der Waals surface area contributed by atoms with Gasteiger partial charge in [-0.15, -0.1) is 0 Å². The lowest BCUT2D eigenvalue weighted by molar-refractivity contribution is -0.249. The molecule has 0 saturated carbocycles. The first-order valence-corrected chi connectivity index (χ1v) is 6.27. The standard InChI is InChI=1S/C12H15Cl2NO4/c1-3-12(18-7-17-2,19-11(15)16)9-6-8(13)4-5-10(9)14/h4-6H,3,7H2,1-2H3,(H2,15,16)/t12-/m1/s1. The first-order chi connectivity index (χ1) is 8.95. The van der Waals surface area contributed by atoms with Crippen molar-refractivity contribution < 1.29 is 19.0 Å². The average molecular weight is 308 g/mol. The summed E-state index contributed by atoms with van der Waals surface area (Å²) >= 11 is 12.0. The molecular weight excluding hydrogens is 293 g/mol. The Morgan fingerprint density at radius 2 is 2.11 bits per heavy atom. The van der Waals surface area contributed by atoms with Gasteiger partial charge in [-0.2, -0.15) is 0 Å². The van der Waals surface area contributed by atoms with Gasteiger partial charge in [0.1, 0.15) is 0 Å². The Labute approximate surface area is 121 Å². The predicted molar refractivity (Wildman–Crippen MR) is 72.1 cm³/mol. The highest BCUT2D eigenvalue weighted by molar-refractivity contribution is 6.33. The summed E-state index contributed by atoms with van der Waals surface area (Å²) in [5, 5.41) is 0.787. The number of halogens is 2. The average Bonchev–Trinajstić information content (AvgIpc) is 2.37. The van der Waals surface area contributed by atoms with Gasteiger partial charge in [-0.05, 0) is 18.2 Å². The number of carbonyl (C=O) groups excluding carboxylic acids is 1. The van der Waals surface area contributed by atoms with Crippen molar-refractivity contribution in [3.8, 4) is 0 Å². The molecule has 1 aromatic carbocycles. The maximum atomic E-state index is 11.1. The van der Waals surface area contributed by atoms with E-state index in [2.05, 4.69) is 0 Å². The van der Waals surface area contributed by atoms with Crippen LogP contribution in [-0.2, 0) is 20.0 Å². The maximum Gasteiger partial charge on any atom is 0.407 e. The minimum absolute atomic E-state index is 0.0933. The normalized spacial score (nSPS) is 13.9. The Bertz CT molecular complexity index is 455. The van der Waals surface area contributed by atoms with Crippen molar-refractivity contribution in [2.45, 2.75) is 19.1 Å². The third-order valence-electron chi connectivity index (χ3n) is 2.48. The zero-order chi connectivity index (χ0) is 14.5. The van der Waals surface area contributed by atoms with Crippen LogP contribution < -0.4 is 5.73 Å². The molecule has 0 bridgehead atoms. The van der Waals surface area contributed by atoms with Crippen molar-refractivity contribution in [2.75, 3.05) is 13.9 Å². The van der Waals surface area contributed by atoms with Crippen LogP contribution in [0.4, 0.5) is 4.79 Å². The van der Waals surface area contributed by atoms with E-state index in [0.29, 0.717) is 22.0 Å². The van der Waals surface area contributed by atoms with Crippen LogP contribution in [0.3, 0.4) is 0 Å². The number of hydrogen-bond donors (Lipinski definition) is 1. The molecule has 7 heteroatoms. The molecule has 0 unspecified atom stereocenters. The van der Waals surface area contributed by atoms with Crippen LogP contribution >= 0.6 is 23.2 Å². The monoisotopic (exact) mass is 307 g/mol. The second-order valence-electron chi connectivity index (χ2n) is 3.70. The molecule has 0 aromatic heterocycles. The van der Waals surface area contributed by atoms with Gasteiger partial charge in [0.25, 0.3) is 0 Å². The fourth-order valence-electron chi connectivity index (χ4n) is 1.63. The lowest BCUT2D eigenvalue weighted by Crippen LogP contribution is -2.38. The quantitative estimate of drug-likeness (QED) is 0.819. The highest BCUT2D eigenvalue weighted by Gasteiger charge is 2.37. The Kier molecular flexibility index (Phi) is 5.87. The summed E-state index contributed by atoms with van der Waals surface area (Å²) < 4.78 is 15.4. The third-order valence-corrected chi connectivity index (χ3v) is 3.04. The van der Waals surface area contributed by atoms with Crippen molar-refractivity contribution in [3.05, 3.63) is 33.8 Å². The van der Waals surface area contributed by atoms with Gasteiger partial charge in [-0.1, -0.05) is 30.1 Å². The maximum absolute atomic E-state index is 11.1. The number of rotatable bonds is 6. The molecule has 106 valence electrons. The van der Waals surface area contributed by atoms with E-state index in [1.54, 1.807) is 25.1 Å². The van der Waals surface area contributed by atoms with Crippen molar-refractivity contribution in [1.82, 2.24) is 0 Å². The summed E-state index contributed by atoms with van der Waals surface area (Å²) in [4.78, 5) is 11.1. The first kappa shape index (κ1) is 16.0. The van der Waals surface area contributed by atoms with E-state index >= 15 is 0 Å². The molecule has 0 radical (unpaired) electrons. The number of carbonyl (C=O) groups is 1. The Hall–Kier alpha value is -1.01. The van der Waals surface area contributed by atoms with E-state index < -0.39 is 11.9 Å². The van der Waals surface area contributed by atoms with E-state index in [1.807, 2.05) is 0 Å². The number of ether oxygens (including phenoxy) is 3. The minimum atomic E-state index is -1.43. The van der Waals surface area contributed by atoms with E-state index in [-0.39, 0.29) is 6.79 Å². The van der Waals surface area contributed by atoms with E-state index in [9.17, 15) is 4.79 Å². The van der Waals surface area contributed by atoms with Crippen molar-refractivity contribution in [2.24, 2.45) is 5.73 Å². The largest absolute Gasteiger partial charge is 0.412 e. The molecule has 0 fully saturated rings. The van der Waals surface area contributed by atoms with Crippen molar-refractivity contribution in [1.29, 1.82) is 0 Å². The number of methoxy groups -OCH3 is 1. The van der Waals surface area contributed by atoms with Crippen LogP contribution in [0.25, 0.3) is 0 Å². The molecule has 1 atom stereocenters. The molecule has 0 aliphatic carbocycles. The molecule has 0 saturated heterocycles. The van der Waals surface area contributed by atoms with Crippen LogP contribution in [-0.4, -0.2) is 20.0 Å². The van der Waals surface area contributed by atoms with Crippen LogP contribution in [0, 0.1) is 0 Å². The number of primary amides is 1. The topological polar surface area (TPSA) is 70.8 Å². The van der Waals surface area contributed by atoms with Gasteiger partial charge < -0.3 is 19.9 Å². The van der Waals surface area contributed by atoms with E-state index in [4.69, 9.17) is 43.1 Å². The highest BCUT2D eigenvalue weighted by atomic mass is 35.5. The molecule has 0 spiro atoms. The summed E-state index contributed by atoms with van der Waals surface area (Å²) in [7, 11) is 1.45. The smallest absolute Gasteiger partial charge is 0.407 e. The van der Waals surface area contributed by atoms with Gasteiger partial charge in [0.15, 0.2) is 6.79 Å². The number of nitrogens with two attached hydrogens (primary N) is 1. The summed E-state index contributed by atoms with van der Waals surface area (Å²) in [6.07, 6.45) is -0.687. The van der Waals surface area contributed by atoms with Crippen molar-refractivity contribution >= 4 is 29.3 Å². The van der Waals surface area contributed by atoms with Gasteiger partial charge in [-0.25, -0.2) is 4.79 Å². The van der Waals surface area contributed by atoms with Crippen LogP contribution in [0.5, 0.6) is 0 Å². The minimum Gasteiger partial charge on any atom is -0.412 e. The second kappa shape index (κ2) is 6.96. The number of benzene rings is 1. The molecule has 0 aliphatic heterocycles. The Morgan fingerprint density at radius 3 is 2.63 bits per heavy atom. The summed E-state index contributed by atoms with van der Waals surface area (Å²) in [6, 6.07) is 4.77. The van der Waals surface area contributed by atoms with Gasteiger partial charge in [0.05, 0.1) is 5.02 Å². The fourth-order valence-corrected chi connectivity index (χ4v) is 2.07. The van der Waals surface area contributed by atoms with Crippen LogP contribution in [0.15, 0.2) is 18.2 Å². The zero-order valence-corrected chi connectivity index (χ0v) is 12.1. The summed E-state index contributed by atoms with van der Waals surface area (Å²) in [6.45, 7) is 1.67. The molecule has 1 amide bonds. The Balaban J connectivity index is 3.26. The predicted octanol–water partition coefficient (Wildman–Crippen LogP) is 3.27. The highest BCUT2D eigenvalue weighted by Crippen LogP contribution is 2.37. The lowest BCUT2D eigenvalue weighted by atomic mass is 10.0. The Morgan fingerprint density at radius 1 is 1.42 bits per heavy atom. The SMILES string of the molecule is CC[C@@](OCOC)(OC(N)=O)c1cc(Cl)ccc1Cl. The van der Waals surface area contributed by atoms with Gasteiger partial charge >= 0.3 is 6.09 Å². The molecule has 1 rings (SSSR count). The summed E-state index contributed by atoms with van der Waals surface area (Å²) in [5.74, 6) is -1.43. The third kappa shape index (κ3) is 3.98. The number of hydrogen-bond acceptors (Lipinski definition) is 4. The fraction of sp³-hybridized carbons (Fsp3) is 0.417. The molecule has 1 aromatic rings. The first-order valence-electron chi connectivity index (χ1n) is 5.52. The molecular formula is C12H15Cl2NO4. The van der Waals surface area contributed by atoms with Gasteiger partial charge in [0.2, 0.25) is 5.79 Å². The summed E-state index contributed by atoms with van der Waals surface area (Å²) in [5.41, 5.74) is 5.51. The van der Waals surface area contributed by atoms with E-state index in [1.165, 1.54) is 7.11 Å². The van der Waals surface area contributed by atoms with Crippen molar-refractivity contribution in [3.63, 3.8) is 0 Å². The number of amides is 1. The molecule has 0 heterocycles. The van der Waals surface area contributed by atoms with Gasteiger partial charge in [0, 0.05) is 24.1 Å². The van der Waals surface area contributed by atoms with Crippen LogP contribution in [0.1, 0.15) is 18.9 Å². The lowest BCUT2D eigenvalue weighted by Gasteiger charge is -2.32. The zero-order valence-electron chi connectivity index (χ0n) is 10.6. The molecule has 19 heavy (non-hydrogen) atoms.